The van der Waals surface area contributed by atoms with Crippen molar-refractivity contribution in [3.8, 4) is 10.7 Å². The highest BCUT2D eigenvalue weighted by atomic mass is 32.1. The molecule has 0 fully saturated rings. The fourth-order valence-electron chi connectivity index (χ4n) is 1.62. The van der Waals surface area contributed by atoms with Gasteiger partial charge in [-0.2, -0.15) is 0 Å². The van der Waals surface area contributed by atoms with E-state index in [-0.39, 0.29) is 0 Å². The molecule has 0 aliphatic rings. The second kappa shape index (κ2) is 3.61. The lowest BCUT2D eigenvalue weighted by atomic mass is 10.2. The predicted molar refractivity (Wildman–Crippen MR) is 66.7 cm³/mol. The number of aromatic amines is 1. The Morgan fingerprint density at radius 3 is 2.88 bits per heavy atom. The molecule has 0 spiro atoms. The summed E-state index contributed by atoms with van der Waals surface area (Å²) in [4.78, 5) is 3.33. The van der Waals surface area contributed by atoms with Gasteiger partial charge in [-0.15, -0.1) is 10.2 Å². The predicted octanol–water partition coefficient (Wildman–Crippen LogP) is 2.73. The Labute approximate surface area is 96.3 Å². The maximum absolute atomic E-state index is 4.13. The van der Waals surface area contributed by atoms with Crippen molar-refractivity contribution in [1.29, 1.82) is 0 Å². The van der Waals surface area contributed by atoms with Crippen LogP contribution in [0.5, 0.6) is 0 Å². The standard InChI is InChI=1S/C11H10N4S/c1-12-11-15-14-10(16-11)9-6-7-4-2-3-5-8(7)13-9/h2-6,13H,1H3,(H,12,15). The zero-order chi connectivity index (χ0) is 11.0. The first-order valence-electron chi connectivity index (χ1n) is 4.96. The maximum atomic E-state index is 4.13. The fourth-order valence-corrected chi connectivity index (χ4v) is 2.29. The summed E-state index contributed by atoms with van der Waals surface area (Å²) in [5.74, 6) is 0. The summed E-state index contributed by atoms with van der Waals surface area (Å²) in [5, 5.41) is 14.1. The number of nitrogens with one attached hydrogen (secondary N) is 2. The van der Waals surface area contributed by atoms with E-state index in [1.54, 1.807) is 0 Å². The van der Waals surface area contributed by atoms with Crippen LogP contribution in [-0.4, -0.2) is 22.2 Å². The summed E-state index contributed by atoms with van der Waals surface area (Å²) < 4.78 is 0. The van der Waals surface area contributed by atoms with Gasteiger partial charge in [0, 0.05) is 18.0 Å². The number of fused-ring (bicyclic) bond motifs is 1. The monoisotopic (exact) mass is 230 g/mol. The molecule has 3 aromatic rings. The van der Waals surface area contributed by atoms with Crippen LogP contribution in [0.2, 0.25) is 0 Å². The van der Waals surface area contributed by atoms with E-state index in [1.807, 2.05) is 19.2 Å². The minimum atomic E-state index is 0.827. The quantitative estimate of drug-likeness (QED) is 0.711. The third-order valence-electron chi connectivity index (χ3n) is 2.40. The molecule has 0 saturated heterocycles. The number of aromatic nitrogens is 3. The third kappa shape index (κ3) is 1.45. The van der Waals surface area contributed by atoms with Gasteiger partial charge in [-0.25, -0.2) is 0 Å². The van der Waals surface area contributed by atoms with Gasteiger partial charge in [0.15, 0.2) is 5.01 Å². The number of hydrogen-bond acceptors (Lipinski definition) is 4. The van der Waals surface area contributed by atoms with Gasteiger partial charge in [0.2, 0.25) is 5.13 Å². The molecule has 4 nitrogen and oxygen atoms in total. The van der Waals surface area contributed by atoms with Gasteiger partial charge in [0.25, 0.3) is 0 Å². The maximum Gasteiger partial charge on any atom is 0.205 e. The van der Waals surface area contributed by atoms with Gasteiger partial charge < -0.3 is 10.3 Å². The molecule has 0 radical (unpaired) electrons. The Morgan fingerprint density at radius 1 is 1.25 bits per heavy atom. The summed E-state index contributed by atoms with van der Waals surface area (Å²) >= 11 is 1.54. The molecule has 16 heavy (non-hydrogen) atoms. The molecule has 0 saturated carbocycles. The third-order valence-corrected chi connectivity index (χ3v) is 3.37. The number of H-pyrrole nitrogens is 1. The summed E-state index contributed by atoms with van der Waals surface area (Å²) in [6.07, 6.45) is 0. The average Bonchev–Trinajstić information content (AvgIpc) is 2.95. The number of benzene rings is 1. The smallest absolute Gasteiger partial charge is 0.205 e. The Hall–Kier alpha value is -1.88. The molecular weight excluding hydrogens is 220 g/mol. The van der Waals surface area contributed by atoms with E-state index in [1.165, 1.54) is 16.7 Å². The van der Waals surface area contributed by atoms with Crippen LogP contribution in [0.15, 0.2) is 30.3 Å². The first kappa shape index (κ1) is 9.35. The van der Waals surface area contributed by atoms with Gasteiger partial charge >= 0.3 is 0 Å². The van der Waals surface area contributed by atoms with Crippen LogP contribution in [0.3, 0.4) is 0 Å². The molecule has 2 heterocycles. The zero-order valence-electron chi connectivity index (χ0n) is 8.69. The molecule has 1 aromatic carbocycles. The normalized spacial score (nSPS) is 10.8. The Bertz CT molecular complexity index is 592. The lowest BCUT2D eigenvalue weighted by Gasteiger charge is -1.87. The van der Waals surface area contributed by atoms with Crippen molar-refractivity contribution in [3.05, 3.63) is 30.3 Å². The molecule has 2 aromatic heterocycles. The second-order valence-electron chi connectivity index (χ2n) is 3.43. The van der Waals surface area contributed by atoms with E-state index < -0.39 is 0 Å². The van der Waals surface area contributed by atoms with Gasteiger partial charge in [0.05, 0.1) is 5.69 Å². The van der Waals surface area contributed by atoms with Gasteiger partial charge in [-0.3, -0.25) is 0 Å². The Balaban J connectivity index is 2.11. The van der Waals surface area contributed by atoms with Crippen LogP contribution in [0, 0.1) is 0 Å². The van der Waals surface area contributed by atoms with Crippen molar-refractivity contribution < 1.29 is 0 Å². The van der Waals surface area contributed by atoms with Crippen LogP contribution in [0.25, 0.3) is 21.6 Å². The van der Waals surface area contributed by atoms with E-state index in [2.05, 4.69) is 38.7 Å². The molecular formula is C11H10N4S. The van der Waals surface area contributed by atoms with Gasteiger partial charge in [-0.05, 0) is 12.1 Å². The highest BCUT2D eigenvalue weighted by Gasteiger charge is 2.08. The van der Waals surface area contributed by atoms with Crippen LogP contribution in [-0.2, 0) is 0 Å². The molecule has 2 N–H and O–H groups in total. The van der Waals surface area contributed by atoms with E-state index >= 15 is 0 Å². The van der Waals surface area contributed by atoms with Crippen molar-refractivity contribution in [2.45, 2.75) is 0 Å². The van der Waals surface area contributed by atoms with Gasteiger partial charge in [-0.1, -0.05) is 29.5 Å². The Morgan fingerprint density at radius 2 is 2.12 bits per heavy atom. The molecule has 0 aliphatic heterocycles. The molecule has 80 valence electrons. The minimum Gasteiger partial charge on any atom is -0.363 e. The molecule has 0 aliphatic carbocycles. The van der Waals surface area contributed by atoms with E-state index in [0.29, 0.717) is 0 Å². The van der Waals surface area contributed by atoms with Crippen molar-refractivity contribution in [1.82, 2.24) is 15.2 Å². The lowest BCUT2D eigenvalue weighted by molar-refractivity contribution is 1.09. The second-order valence-corrected chi connectivity index (χ2v) is 4.41. The highest BCUT2D eigenvalue weighted by molar-refractivity contribution is 7.18. The molecule has 0 bridgehead atoms. The lowest BCUT2D eigenvalue weighted by Crippen LogP contribution is -1.84. The molecule has 5 heteroatoms. The van der Waals surface area contributed by atoms with Gasteiger partial charge in [0.1, 0.15) is 0 Å². The van der Waals surface area contributed by atoms with E-state index in [0.717, 1.165) is 21.3 Å². The SMILES string of the molecule is CNc1nnc(-c2cc3ccccc3[nH]2)s1. The van der Waals surface area contributed by atoms with E-state index in [9.17, 15) is 0 Å². The number of para-hydroxylation sites is 1. The van der Waals surface area contributed by atoms with Crippen LogP contribution in [0.4, 0.5) is 5.13 Å². The van der Waals surface area contributed by atoms with Crippen LogP contribution < -0.4 is 5.32 Å². The van der Waals surface area contributed by atoms with E-state index in [4.69, 9.17) is 0 Å². The first-order chi connectivity index (χ1) is 7.86. The summed E-state index contributed by atoms with van der Waals surface area (Å²) in [7, 11) is 1.84. The number of rotatable bonds is 2. The molecule has 0 amide bonds. The number of anilines is 1. The molecule has 0 atom stereocenters. The van der Waals surface area contributed by atoms with Crippen molar-refractivity contribution >= 4 is 27.4 Å². The van der Waals surface area contributed by atoms with Crippen molar-refractivity contribution in [2.24, 2.45) is 0 Å². The average molecular weight is 230 g/mol. The van der Waals surface area contributed by atoms with Crippen LogP contribution in [0.1, 0.15) is 0 Å². The van der Waals surface area contributed by atoms with Crippen molar-refractivity contribution in [2.75, 3.05) is 12.4 Å². The largest absolute Gasteiger partial charge is 0.363 e. The molecule has 0 unspecified atom stereocenters. The summed E-state index contributed by atoms with van der Waals surface area (Å²) in [5.41, 5.74) is 2.14. The first-order valence-corrected chi connectivity index (χ1v) is 5.78. The fraction of sp³-hybridized carbons (Fsp3) is 0.0909. The number of nitrogens with zero attached hydrogens (tertiary/aromatic N) is 2. The highest BCUT2D eigenvalue weighted by Crippen LogP contribution is 2.28. The van der Waals surface area contributed by atoms with Crippen molar-refractivity contribution in [3.63, 3.8) is 0 Å². The van der Waals surface area contributed by atoms with Crippen LogP contribution >= 0.6 is 11.3 Å². The number of hydrogen-bond donors (Lipinski definition) is 2. The summed E-state index contributed by atoms with van der Waals surface area (Å²) in [6, 6.07) is 10.3. The minimum absolute atomic E-state index is 0.827. The zero-order valence-corrected chi connectivity index (χ0v) is 9.51. The Kier molecular flexibility index (Phi) is 2.11. The topological polar surface area (TPSA) is 53.6 Å². The molecule has 3 rings (SSSR count). The summed E-state index contributed by atoms with van der Waals surface area (Å²) in [6.45, 7) is 0.